The van der Waals surface area contributed by atoms with E-state index in [-0.39, 0.29) is 0 Å². The first-order valence-electron chi connectivity index (χ1n) is 12.5. The van der Waals surface area contributed by atoms with Gasteiger partial charge in [0.05, 0.1) is 33.9 Å². The maximum Gasteiger partial charge on any atom is 0.235 e. The summed E-state index contributed by atoms with van der Waals surface area (Å²) in [6.07, 6.45) is 3.95. The Morgan fingerprint density at radius 2 is 1.55 bits per heavy atom. The van der Waals surface area contributed by atoms with Crippen molar-refractivity contribution in [1.82, 2.24) is 19.1 Å². The Morgan fingerprint density at radius 1 is 0.684 bits per heavy atom. The molecule has 0 aliphatic heterocycles. The molecule has 0 radical (unpaired) electrons. The van der Waals surface area contributed by atoms with Gasteiger partial charge in [0.2, 0.25) is 5.95 Å². The minimum Gasteiger partial charge on any atom is -0.316 e. The van der Waals surface area contributed by atoms with Crippen LogP contribution in [-0.2, 0) is 0 Å². The number of nitriles is 1. The van der Waals surface area contributed by atoms with Crippen molar-refractivity contribution in [3.05, 3.63) is 121 Å². The maximum atomic E-state index is 9.19. The minimum atomic E-state index is 0.619. The molecule has 0 atom stereocenters. The van der Waals surface area contributed by atoms with Gasteiger partial charge in [-0.3, -0.25) is 4.57 Å². The van der Waals surface area contributed by atoms with Gasteiger partial charge < -0.3 is 4.57 Å². The first-order chi connectivity index (χ1) is 18.8. The summed E-state index contributed by atoms with van der Waals surface area (Å²) < 4.78 is 4.42. The predicted octanol–water partition coefficient (Wildman–Crippen LogP) is 7.65. The van der Waals surface area contributed by atoms with Gasteiger partial charge in [-0.1, -0.05) is 54.6 Å². The van der Waals surface area contributed by atoms with Crippen LogP contribution in [0.25, 0.3) is 66.4 Å². The monoisotopic (exact) mass is 485 g/mol. The van der Waals surface area contributed by atoms with E-state index in [1.165, 1.54) is 26.9 Å². The zero-order valence-corrected chi connectivity index (χ0v) is 20.2. The lowest BCUT2D eigenvalue weighted by Gasteiger charge is -2.10. The summed E-state index contributed by atoms with van der Waals surface area (Å²) in [4.78, 5) is 9.75. The first kappa shape index (κ1) is 20.7. The largest absolute Gasteiger partial charge is 0.316 e. The Bertz CT molecular complexity index is 2180. The highest BCUT2D eigenvalue weighted by Gasteiger charge is 2.21. The minimum absolute atomic E-state index is 0.619. The van der Waals surface area contributed by atoms with Crippen LogP contribution >= 0.6 is 0 Å². The molecule has 0 bridgehead atoms. The second kappa shape index (κ2) is 7.76. The van der Waals surface area contributed by atoms with E-state index in [0.29, 0.717) is 11.5 Å². The SMILES string of the molecule is N#Cc1ccc(-c2ccnc(-n3c4cccc5ccc6c7ccn(-c8ccccc8)c7cc3c6c54)n2)cc1. The zero-order chi connectivity index (χ0) is 25.2. The van der Waals surface area contributed by atoms with Gasteiger partial charge in [0.1, 0.15) is 0 Å². The van der Waals surface area contributed by atoms with Crippen molar-refractivity contribution >= 4 is 43.5 Å². The van der Waals surface area contributed by atoms with Crippen LogP contribution < -0.4 is 0 Å². The number of para-hydroxylation sites is 1. The number of hydrogen-bond donors (Lipinski definition) is 0. The highest BCUT2D eigenvalue weighted by molar-refractivity contribution is 6.29. The van der Waals surface area contributed by atoms with Crippen molar-refractivity contribution in [2.75, 3.05) is 0 Å². The molecule has 8 aromatic rings. The van der Waals surface area contributed by atoms with Crippen LogP contribution in [-0.4, -0.2) is 19.1 Å². The van der Waals surface area contributed by atoms with Crippen molar-refractivity contribution in [1.29, 1.82) is 5.26 Å². The molecular weight excluding hydrogens is 466 g/mol. The third-order valence-electron chi connectivity index (χ3n) is 7.44. The second-order valence-electron chi connectivity index (χ2n) is 9.48. The molecule has 0 unspecified atom stereocenters. The van der Waals surface area contributed by atoms with E-state index >= 15 is 0 Å². The van der Waals surface area contributed by atoms with Gasteiger partial charge in [-0.2, -0.15) is 5.26 Å². The third kappa shape index (κ3) is 2.86. The van der Waals surface area contributed by atoms with Crippen LogP contribution in [0.3, 0.4) is 0 Å². The summed E-state index contributed by atoms with van der Waals surface area (Å²) in [7, 11) is 0. The molecule has 0 N–H and O–H groups in total. The Morgan fingerprint density at radius 3 is 2.39 bits per heavy atom. The van der Waals surface area contributed by atoms with E-state index in [1.807, 2.05) is 36.4 Å². The Hall–Kier alpha value is -5.47. The first-order valence-corrected chi connectivity index (χ1v) is 12.5. The quantitative estimate of drug-likeness (QED) is 0.242. The summed E-state index contributed by atoms with van der Waals surface area (Å²) in [5, 5.41) is 15.3. The number of rotatable bonds is 3. The van der Waals surface area contributed by atoms with Gasteiger partial charge in [-0.25, -0.2) is 9.97 Å². The highest BCUT2D eigenvalue weighted by atomic mass is 15.2. The van der Waals surface area contributed by atoms with Crippen molar-refractivity contribution in [2.45, 2.75) is 0 Å². The number of hydrogen-bond acceptors (Lipinski definition) is 3. The Labute approximate surface area is 217 Å². The molecule has 5 aromatic carbocycles. The molecule has 8 rings (SSSR count). The van der Waals surface area contributed by atoms with Gasteiger partial charge in [0, 0.05) is 39.8 Å². The topological polar surface area (TPSA) is 59.4 Å². The van der Waals surface area contributed by atoms with Gasteiger partial charge in [-0.05, 0) is 59.3 Å². The maximum absolute atomic E-state index is 9.19. The summed E-state index contributed by atoms with van der Waals surface area (Å²) >= 11 is 0. The summed E-state index contributed by atoms with van der Waals surface area (Å²) in [6.45, 7) is 0. The fraction of sp³-hybridized carbons (Fsp3) is 0. The summed E-state index contributed by atoms with van der Waals surface area (Å²) in [6, 6.07) is 37.3. The third-order valence-corrected chi connectivity index (χ3v) is 7.44. The van der Waals surface area contributed by atoms with Crippen LogP contribution in [0.4, 0.5) is 0 Å². The van der Waals surface area contributed by atoms with Crippen LogP contribution in [0.1, 0.15) is 5.56 Å². The van der Waals surface area contributed by atoms with Crippen LogP contribution in [0.2, 0.25) is 0 Å². The standard InChI is InChI=1S/C33H19N5/c34-20-21-9-11-22(12-10-21)27-15-17-35-33(36-27)38-28-8-4-5-23-13-14-26-25-16-18-37(24-6-2-1-3-7-24)29(25)19-30(38)32(26)31(23)28/h1-19H. The lowest BCUT2D eigenvalue weighted by molar-refractivity contribution is 0.992. The van der Waals surface area contributed by atoms with Crippen LogP contribution in [0.5, 0.6) is 0 Å². The molecule has 0 fully saturated rings. The highest BCUT2D eigenvalue weighted by Crippen LogP contribution is 2.42. The van der Waals surface area contributed by atoms with E-state index in [9.17, 15) is 5.26 Å². The van der Waals surface area contributed by atoms with E-state index in [1.54, 1.807) is 6.20 Å². The average Bonchev–Trinajstić information content (AvgIpc) is 3.56. The second-order valence-corrected chi connectivity index (χ2v) is 9.48. The Balaban J connectivity index is 1.45. The normalized spacial score (nSPS) is 11.7. The molecule has 5 heteroatoms. The van der Waals surface area contributed by atoms with E-state index < -0.39 is 0 Å². The van der Waals surface area contributed by atoms with Crippen molar-refractivity contribution in [3.8, 4) is 29.0 Å². The van der Waals surface area contributed by atoms with Gasteiger partial charge in [-0.15, -0.1) is 0 Å². The van der Waals surface area contributed by atoms with Gasteiger partial charge >= 0.3 is 0 Å². The fourth-order valence-corrected chi connectivity index (χ4v) is 5.73. The molecule has 3 heterocycles. The molecule has 5 nitrogen and oxygen atoms in total. The fourth-order valence-electron chi connectivity index (χ4n) is 5.73. The average molecular weight is 486 g/mol. The van der Waals surface area contributed by atoms with Crippen molar-refractivity contribution < 1.29 is 0 Å². The molecule has 0 aliphatic carbocycles. The Kier molecular flexibility index (Phi) is 4.23. The molecule has 38 heavy (non-hydrogen) atoms. The number of aromatic nitrogens is 4. The molecule has 0 saturated heterocycles. The lowest BCUT2D eigenvalue weighted by Crippen LogP contribution is -2.02. The smallest absolute Gasteiger partial charge is 0.235 e. The van der Waals surface area contributed by atoms with E-state index in [4.69, 9.17) is 9.97 Å². The van der Waals surface area contributed by atoms with Crippen LogP contribution in [0.15, 0.2) is 116 Å². The lowest BCUT2D eigenvalue weighted by atomic mass is 10.00. The molecule has 3 aromatic heterocycles. The molecule has 0 spiro atoms. The zero-order valence-electron chi connectivity index (χ0n) is 20.2. The number of nitrogens with zero attached hydrogens (tertiary/aromatic N) is 5. The molecular formula is C33H19N5. The van der Waals surface area contributed by atoms with Crippen molar-refractivity contribution in [3.63, 3.8) is 0 Å². The summed E-state index contributed by atoms with van der Waals surface area (Å²) in [5.41, 5.74) is 6.80. The number of benzene rings is 5. The molecule has 0 saturated carbocycles. The van der Waals surface area contributed by atoms with E-state index in [0.717, 1.165) is 33.5 Å². The molecule has 0 amide bonds. The van der Waals surface area contributed by atoms with Gasteiger partial charge in [0.25, 0.3) is 0 Å². The van der Waals surface area contributed by atoms with Crippen molar-refractivity contribution in [2.24, 2.45) is 0 Å². The molecule has 176 valence electrons. The molecule has 0 aliphatic rings. The summed E-state index contributed by atoms with van der Waals surface area (Å²) in [5.74, 6) is 0.619. The van der Waals surface area contributed by atoms with E-state index in [2.05, 4.69) is 88.1 Å². The number of fused-ring (bicyclic) bond motifs is 2. The van der Waals surface area contributed by atoms with Gasteiger partial charge in [0.15, 0.2) is 0 Å². The predicted molar refractivity (Wildman–Crippen MR) is 152 cm³/mol. The van der Waals surface area contributed by atoms with Crippen LogP contribution in [0, 0.1) is 11.3 Å².